The van der Waals surface area contributed by atoms with Gasteiger partial charge in [-0.2, -0.15) is 0 Å². The van der Waals surface area contributed by atoms with E-state index in [9.17, 15) is 9.59 Å². The molecule has 1 aliphatic rings. The largest absolute Gasteiger partial charge is 0.369 e. The molecule has 1 rings (SSSR count). The normalized spacial score (nSPS) is 18.0. The van der Waals surface area contributed by atoms with E-state index < -0.39 is 11.3 Å². The monoisotopic (exact) mass is 184 g/mol. The van der Waals surface area contributed by atoms with Crippen LogP contribution in [0, 0.1) is 5.41 Å². The van der Waals surface area contributed by atoms with Crippen molar-refractivity contribution in [2.45, 2.75) is 26.7 Å². The molecule has 0 unspecified atom stereocenters. The van der Waals surface area contributed by atoms with Gasteiger partial charge < -0.3 is 10.6 Å². The van der Waals surface area contributed by atoms with Crippen molar-refractivity contribution >= 4 is 11.8 Å². The molecular weight excluding hydrogens is 168 g/mol. The van der Waals surface area contributed by atoms with Crippen LogP contribution in [0.2, 0.25) is 0 Å². The Balaban J connectivity index is 2.72. The van der Waals surface area contributed by atoms with Gasteiger partial charge in [-0.05, 0) is 26.7 Å². The minimum absolute atomic E-state index is 0.0926. The van der Waals surface area contributed by atoms with Gasteiger partial charge in [0.05, 0.1) is 0 Å². The van der Waals surface area contributed by atoms with E-state index in [-0.39, 0.29) is 5.91 Å². The maximum Gasteiger partial charge on any atom is 0.238 e. The van der Waals surface area contributed by atoms with Crippen molar-refractivity contribution in [3.63, 3.8) is 0 Å². The summed E-state index contributed by atoms with van der Waals surface area (Å²) in [6.45, 7) is 5.09. The van der Waals surface area contributed by atoms with Crippen molar-refractivity contribution in [3.8, 4) is 0 Å². The van der Waals surface area contributed by atoms with Gasteiger partial charge in [-0.1, -0.05) is 0 Å². The molecule has 0 aromatic rings. The van der Waals surface area contributed by atoms with Crippen LogP contribution in [0.4, 0.5) is 0 Å². The topological polar surface area (TPSA) is 63.4 Å². The van der Waals surface area contributed by atoms with E-state index in [1.807, 2.05) is 13.8 Å². The van der Waals surface area contributed by atoms with E-state index in [1.54, 1.807) is 4.90 Å². The Morgan fingerprint density at radius 1 is 1.31 bits per heavy atom. The molecule has 0 atom stereocenters. The summed E-state index contributed by atoms with van der Waals surface area (Å²) < 4.78 is 0. The summed E-state index contributed by atoms with van der Waals surface area (Å²) >= 11 is 0. The lowest BCUT2D eigenvalue weighted by Gasteiger charge is -2.22. The molecular formula is C9H16N2O2. The molecule has 13 heavy (non-hydrogen) atoms. The first-order valence-corrected chi connectivity index (χ1v) is 4.67. The van der Waals surface area contributed by atoms with E-state index in [1.165, 1.54) is 0 Å². The molecule has 0 aromatic heterocycles. The van der Waals surface area contributed by atoms with Gasteiger partial charge in [0.2, 0.25) is 11.8 Å². The molecule has 2 amide bonds. The molecule has 4 heteroatoms. The second-order valence-corrected chi connectivity index (χ2v) is 3.42. The van der Waals surface area contributed by atoms with Gasteiger partial charge in [-0.15, -0.1) is 0 Å². The van der Waals surface area contributed by atoms with Crippen LogP contribution >= 0.6 is 0 Å². The number of carbonyl (C=O) groups excluding carboxylic acids is 2. The van der Waals surface area contributed by atoms with Crippen molar-refractivity contribution in [2.24, 2.45) is 11.1 Å². The zero-order valence-corrected chi connectivity index (χ0v) is 8.17. The molecule has 0 radical (unpaired) electrons. The molecule has 2 N–H and O–H groups in total. The number of primary amides is 1. The molecule has 74 valence electrons. The summed E-state index contributed by atoms with van der Waals surface area (Å²) in [6.07, 6.45) is 1.25. The van der Waals surface area contributed by atoms with Crippen LogP contribution in [-0.2, 0) is 9.59 Å². The first-order chi connectivity index (χ1) is 6.08. The third-order valence-electron chi connectivity index (χ3n) is 2.68. The number of rotatable bonds is 4. The lowest BCUT2D eigenvalue weighted by Crippen LogP contribution is -2.43. The molecule has 0 spiro atoms. The van der Waals surface area contributed by atoms with Gasteiger partial charge in [0.15, 0.2) is 0 Å². The van der Waals surface area contributed by atoms with Crippen molar-refractivity contribution in [1.29, 1.82) is 0 Å². The lowest BCUT2D eigenvalue weighted by molar-refractivity contribution is -0.142. The fourth-order valence-electron chi connectivity index (χ4n) is 1.50. The number of carbonyl (C=O) groups is 2. The molecule has 1 aliphatic carbocycles. The molecule has 4 nitrogen and oxygen atoms in total. The molecule has 0 aromatic carbocycles. The van der Waals surface area contributed by atoms with Gasteiger partial charge in [-0.25, -0.2) is 0 Å². The number of amides is 2. The fourth-order valence-corrected chi connectivity index (χ4v) is 1.50. The summed E-state index contributed by atoms with van der Waals surface area (Å²) in [5, 5.41) is 0. The lowest BCUT2D eigenvalue weighted by atomic mass is 10.1. The quantitative estimate of drug-likeness (QED) is 0.631. The third kappa shape index (κ3) is 1.53. The summed E-state index contributed by atoms with van der Waals surface area (Å²) in [5.41, 5.74) is 4.35. The SMILES string of the molecule is CCN(CC)C(=O)C1(C(N)=O)CC1. The zero-order chi connectivity index (χ0) is 10.1. The van der Waals surface area contributed by atoms with E-state index in [0.717, 1.165) is 0 Å². The molecule has 0 bridgehead atoms. The number of nitrogens with zero attached hydrogens (tertiary/aromatic N) is 1. The van der Waals surface area contributed by atoms with E-state index in [0.29, 0.717) is 25.9 Å². The standard InChI is InChI=1S/C9H16N2O2/c1-3-11(4-2)8(13)9(5-6-9)7(10)12/h3-6H2,1-2H3,(H2,10,12). The first-order valence-electron chi connectivity index (χ1n) is 4.67. The van der Waals surface area contributed by atoms with E-state index in [4.69, 9.17) is 5.73 Å². The summed E-state index contributed by atoms with van der Waals surface area (Å²) in [6, 6.07) is 0. The highest BCUT2D eigenvalue weighted by molar-refractivity contribution is 6.07. The Labute approximate surface area is 78.1 Å². The van der Waals surface area contributed by atoms with Gasteiger partial charge in [0.1, 0.15) is 5.41 Å². The van der Waals surface area contributed by atoms with Gasteiger partial charge in [-0.3, -0.25) is 9.59 Å². The Hall–Kier alpha value is -1.06. The number of hydrogen-bond donors (Lipinski definition) is 1. The van der Waals surface area contributed by atoms with Crippen LogP contribution in [0.5, 0.6) is 0 Å². The molecule has 1 saturated carbocycles. The van der Waals surface area contributed by atoms with Crippen LogP contribution in [0.15, 0.2) is 0 Å². The maximum absolute atomic E-state index is 11.8. The van der Waals surface area contributed by atoms with Crippen LogP contribution in [0.3, 0.4) is 0 Å². The second kappa shape index (κ2) is 3.36. The molecule has 0 heterocycles. The summed E-state index contributed by atoms with van der Waals surface area (Å²) in [7, 11) is 0. The highest BCUT2D eigenvalue weighted by atomic mass is 16.2. The van der Waals surface area contributed by atoms with Crippen LogP contribution < -0.4 is 5.73 Å². The van der Waals surface area contributed by atoms with Crippen molar-refractivity contribution in [3.05, 3.63) is 0 Å². The van der Waals surface area contributed by atoms with Crippen LogP contribution in [-0.4, -0.2) is 29.8 Å². The minimum atomic E-state index is -0.841. The predicted octanol–water partition coefficient (Wildman–Crippen LogP) is 0.120. The van der Waals surface area contributed by atoms with Crippen molar-refractivity contribution in [1.82, 2.24) is 4.90 Å². The van der Waals surface area contributed by atoms with Crippen molar-refractivity contribution < 1.29 is 9.59 Å². The smallest absolute Gasteiger partial charge is 0.238 e. The summed E-state index contributed by atoms with van der Waals surface area (Å²) in [4.78, 5) is 24.5. The Morgan fingerprint density at radius 2 is 1.77 bits per heavy atom. The molecule has 0 saturated heterocycles. The van der Waals surface area contributed by atoms with Crippen LogP contribution in [0.25, 0.3) is 0 Å². The third-order valence-corrected chi connectivity index (χ3v) is 2.68. The van der Waals surface area contributed by atoms with Gasteiger partial charge in [0, 0.05) is 13.1 Å². The zero-order valence-electron chi connectivity index (χ0n) is 8.17. The van der Waals surface area contributed by atoms with Gasteiger partial charge >= 0.3 is 0 Å². The maximum atomic E-state index is 11.8. The summed E-state index contributed by atoms with van der Waals surface area (Å²) in [5.74, 6) is -0.561. The number of hydrogen-bond acceptors (Lipinski definition) is 2. The van der Waals surface area contributed by atoms with Crippen molar-refractivity contribution in [2.75, 3.05) is 13.1 Å². The average molecular weight is 184 g/mol. The highest BCUT2D eigenvalue weighted by Crippen LogP contribution is 2.46. The van der Waals surface area contributed by atoms with E-state index >= 15 is 0 Å². The second-order valence-electron chi connectivity index (χ2n) is 3.42. The number of nitrogens with two attached hydrogens (primary N) is 1. The van der Waals surface area contributed by atoms with Gasteiger partial charge in [0.25, 0.3) is 0 Å². The average Bonchev–Trinajstić information content (AvgIpc) is 2.86. The van der Waals surface area contributed by atoms with E-state index in [2.05, 4.69) is 0 Å². The Bertz CT molecular complexity index is 230. The first kappa shape index (κ1) is 10.0. The molecule has 1 fully saturated rings. The Morgan fingerprint density at radius 3 is 2.00 bits per heavy atom. The fraction of sp³-hybridized carbons (Fsp3) is 0.778. The highest BCUT2D eigenvalue weighted by Gasteiger charge is 2.56. The minimum Gasteiger partial charge on any atom is -0.369 e. The molecule has 0 aliphatic heterocycles. The Kier molecular flexibility index (Phi) is 2.59. The van der Waals surface area contributed by atoms with Crippen LogP contribution in [0.1, 0.15) is 26.7 Å². The predicted molar refractivity (Wildman–Crippen MR) is 48.8 cm³/mol.